The first-order valence-electron chi connectivity index (χ1n) is 4.36. The van der Waals surface area contributed by atoms with Gasteiger partial charge in [-0.25, -0.2) is 0 Å². The molecule has 0 aromatic heterocycles. The topological polar surface area (TPSA) is 52.4 Å². The third-order valence-corrected chi connectivity index (χ3v) is 2.34. The molecule has 0 amide bonds. The van der Waals surface area contributed by atoms with Gasteiger partial charge in [0.1, 0.15) is 10.8 Å². The number of hydrogen-bond acceptors (Lipinski definition) is 4. The number of nitro groups is 1. The summed E-state index contributed by atoms with van der Waals surface area (Å²) in [4.78, 5) is 10.6. The van der Waals surface area contributed by atoms with Gasteiger partial charge in [0.25, 0.3) is 5.69 Å². The Balaban J connectivity index is 3.06. The molecule has 0 unspecified atom stereocenters. The minimum Gasteiger partial charge on any atom is -0.492 e. The van der Waals surface area contributed by atoms with Crippen LogP contribution < -0.4 is 4.74 Å². The number of rotatable bonds is 4. The highest BCUT2D eigenvalue weighted by Gasteiger charge is 2.16. The minimum atomic E-state index is -0.547. The number of thiol groups is 1. The number of ether oxygens (including phenoxy) is 1. The Kier molecular flexibility index (Phi) is 4.23. The Hall–Kier alpha value is -0.940. The monoisotopic (exact) mass is 247 g/mol. The summed E-state index contributed by atoms with van der Waals surface area (Å²) in [7, 11) is 0. The lowest BCUT2D eigenvalue weighted by atomic mass is 10.3. The Labute approximate surface area is 97.8 Å². The lowest BCUT2D eigenvalue weighted by Crippen LogP contribution is -1.98. The van der Waals surface area contributed by atoms with Gasteiger partial charge in [0.05, 0.1) is 17.6 Å². The minimum absolute atomic E-state index is 0.0637. The first-order valence-corrected chi connectivity index (χ1v) is 5.18. The van der Waals surface area contributed by atoms with Gasteiger partial charge >= 0.3 is 0 Å². The van der Waals surface area contributed by atoms with Gasteiger partial charge < -0.3 is 4.74 Å². The zero-order chi connectivity index (χ0) is 11.4. The highest BCUT2D eigenvalue weighted by Crippen LogP contribution is 2.34. The molecule has 0 radical (unpaired) electrons. The van der Waals surface area contributed by atoms with E-state index in [2.05, 4.69) is 12.6 Å². The molecule has 0 aliphatic carbocycles. The van der Waals surface area contributed by atoms with Gasteiger partial charge in [-0.05, 0) is 12.5 Å². The standard InChI is InChI=1S/C9H10ClNO3S/c1-2-3-14-8-5-7(11(12)13)6(10)4-9(8)15/h4-5,15H,2-3H2,1H3. The summed E-state index contributed by atoms with van der Waals surface area (Å²) in [5.74, 6) is 0.385. The average molecular weight is 248 g/mol. The van der Waals surface area contributed by atoms with Crippen molar-refractivity contribution in [1.82, 2.24) is 0 Å². The Bertz CT molecular complexity index is 384. The van der Waals surface area contributed by atoms with Crippen molar-refractivity contribution in [2.24, 2.45) is 0 Å². The van der Waals surface area contributed by atoms with Crippen LogP contribution in [0.4, 0.5) is 5.69 Å². The molecule has 0 atom stereocenters. The van der Waals surface area contributed by atoms with Crippen LogP contribution in [0.15, 0.2) is 17.0 Å². The second-order valence-corrected chi connectivity index (χ2v) is 3.77. The SMILES string of the molecule is CCCOc1cc([N+](=O)[O-])c(Cl)cc1S. The van der Waals surface area contributed by atoms with Crippen LogP contribution in [0, 0.1) is 10.1 Å². The highest BCUT2D eigenvalue weighted by atomic mass is 35.5. The lowest BCUT2D eigenvalue weighted by molar-refractivity contribution is -0.384. The Morgan fingerprint density at radius 1 is 1.60 bits per heavy atom. The van der Waals surface area contributed by atoms with Crippen molar-refractivity contribution in [2.45, 2.75) is 18.2 Å². The van der Waals surface area contributed by atoms with Crippen molar-refractivity contribution in [3.63, 3.8) is 0 Å². The van der Waals surface area contributed by atoms with E-state index in [1.54, 1.807) is 0 Å². The molecule has 0 N–H and O–H groups in total. The number of hydrogen-bond donors (Lipinski definition) is 1. The molecule has 1 rings (SSSR count). The average Bonchev–Trinajstić information content (AvgIpc) is 2.16. The second-order valence-electron chi connectivity index (χ2n) is 2.88. The molecule has 1 aromatic rings. The van der Waals surface area contributed by atoms with Crippen molar-refractivity contribution >= 4 is 29.9 Å². The molecular weight excluding hydrogens is 238 g/mol. The maximum absolute atomic E-state index is 10.6. The van der Waals surface area contributed by atoms with E-state index in [-0.39, 0.29) is 10.7 Å². The molecule has 0 heterocycles. The van der Waals surface area contributed by atoms with Gasteiger partial charge in [0.15, 0.2) is 0 Å². The first-order chi connectivity index (χ1) is 7.06. The molecular formula is C9H10ClNO3S. The second kappa shape index (κ2) is 5.23. The molecule has 0 aliphatic heterocycles. The molecule has 0 saturated heterocycles. The van der Waals surface area contributed by atoms with Crippen LogP contribution in [0.1, 0.15) is 13.3 Å². The maximum atomic E-state index is 10.6. The molecule has 0 spiro atoms. The van der Waals surface area contributed by atoms with Gasteiger partial charge in [0.2, 0.25) is 0 Å². The van der Waals surface area contributed by atoms with E-state index in [9.17, 15) is 10.1 Å². The molecule has 82 valence electrons. The van der Waals surface area contributed by atoms with Crippen molar-refractivity contribution in [3.05, 3.63) is 27.3 Å². The third kappa shape index (κ3) is 3.00. The third-order valence-electron chi connectivity index (χ3n) is 1.69. The van der Waals surface area contributed by atoms with Gasteiger partial charge in [-0.3, -0.25) is 10.1 Å². The maximum Gasteiger partial charge on any atom is 0.291 e. The Morgan fingerprint density at radius 2 is 2.27 bits per heavy atom. The van der Waals surface area contributed by atoms with Gasteiger partial charge in [-0.2, -0.15) is 0 Å². The van der Waals surface area contributed by atoms with Crippen LogP contribution in [0.3, 0.4) is 0 Å². The van der Waals surface area contributed by atoms with Gasteiger partial charge in [0, 0.05) is 4.90 Å². The van der Waals surface area contributed by atoms with E-state index >= 15 is 0 Å². The van der Waals surface area contributed by atoms with Gasteiger partial charge in [-0.1, -0.05) is 18.5 Å². The van der Waals surface area contributed by atoms with E-state index in [1.807, 2.05) is 6.92 Å². The highest BCUT2D eigenvalue weighted by molar-refractivity contribution is 7.80. The molecule has 1 aromatic carbocycles. The number of halogens is 1. The summed E-state index contributed by atoms with van der Waals surface area (Å²) in [6, 6.07) is 2.70. The van der Waals surface area contributed by atoms with E-state index in [4.69, 9.17) is 16.3 Å². The fourth-order valence-corrected chi connectivity index (χ4v) is 1.57. The molecule has 0 saturated carbocycles. The predicted octanol–water partition coefficient (Wildman–Crippen LogP) is 3.33. The summed E-state index contributed by atoms with van der Waals surface area (Å²) in [6.07, 6.45) is 0.823. The van der Waals surface area contributed by atoms with Crippen molar-refractivity contribution in [2.75, 3.05) is 6.61 Å². The predicted molar refractivity (Wildman–Crippen MR) is 61.1 cm³/mol. The molecule has 6 heteroatoms. The zero-order valence-corrected chi connectivity index (χ0v) is 9.72. The van der Waals surface area contributed by atoms with Crippen LogP contribution in [-0.2, 0) is 0 Å². The van der Waals surface area contributed by atoms with Crippen molar-refractivity contribution < 1.29 is 9.66 Å². The summed E-state index contributed by atoms with van der Waals surface area (Å²) < 4.78 is 5.29. The molecule has 0 fully saturated rings. The van der Waals surface area contributed by atoms with Crippen molar-refractivity contribution in [1.29, 1.82) is 0 Å². The van der Waals surface area contributed by atoms with E-state index in [1.165, 1.54) is 12.1 Å². The fraction of sp³-hybridized carbons (Fsp3) is 0.333. The molecule has 0 aliphatic rings. The van der Waals surface area contributed by atoms with E-state index in [0.29, 0.717) is 17.3 Å². The Morgan fingerprint density at radius 3 is 2.80 bits per heavy atom. The number of nitrogens with zero attached hydrogens (tertiary/aromatic N) is 1. The van der Waals surface area contributed by atoms with Crippen LogP contribution in [-0.4, -0.2) is 11.5 Å². The molecule has 4 nitrogen and oxygen atoms in total. The van der Waals surface area contributed by atoms with Crippen LogP contribution in [0.2, 0.25) is 5.02 Å². The lowest BCUT2D eigenvalue weighted by Gasteiger charge is -2.07. The summed E-state index contributed by atoms with van der Waals surface area (Å²) in [5, 5.41) is 10.7. The van der Waals surface area contributed by atoms with Crippen LogP contribution in [0.5, 0.6) is 5.75 Å². The fourth-order valence-electron chi connectivity index (χ4n) is 1.000. The molecule has 0 bridgehead atoms. The quantitative estimate of drug-likeness (QED) is 0.504. The van der Waals surface area contributed by atoms with Crippen LogP contribution in [0.25, 0.3) is 0 Å². The summed E-state index contributed by atoms with van der Waals surface area (Å²) in [6.45, 7) is 2.44. The van der Waals surface area contributed by atoms with Crippen molar-refractivity contribution in [3.8, 4) is 5.75 Å². The molecule has 15 heavy (non-hydrogen) atoms. The van der Waals surface area contributed by atoms with E-state index < -0.39 is 4.92 Å². The first kappa shape index (κ1) is 12.1. The zero-order valence-electron chi connectivity index (χ0n) is 8.07. The van der Waals surface area contributed by atoms with Gasteiger partial charge in [-0.15, -0.1) is 12.6 Å². The largest absolute Gasteiger partial charge is 0.492 e. The summed E-state index contributed by atoms with van der Waals surface area (Å²) >= 11 is 9.81. The summed E-state index contributed by atoms with van der Waals surface area (Å²) in [5.41, 5.74) is -0.166. The number of nitro benzene ring substituents is 1. The van der Waals surface area contributed by atoms with Crippen LogP contribution >= 0.6 is 24.2 Å². The number of benzene rings is 1. The normalized spacial score (nSPS) is 10.1. The smallest absolute Gasteiger partial charge is 0.291 e. The van der Waals surface area contributed by atoms with E-state index in [0.717, 1.165) is 6.42 Å².